The molecule has 0 bridgehead atoms. The van der Waals surface area contributed by atoms with Gasteiger partial charge in [0, 0.05) is 6.54 Å². The number of nitrogens with one attached hydrogen (secondary N) is 1. The molecule has 0 spiro atoms. The van der Waals surface area contributed by atoms with E-state index < -0.39 is 45.2 Å². The molecule has 0 aromatic heterocycles. The molecule has 1 rings (SSSR count). The molecule has 0 saturated heterocycles. The first-order valence-corrected chi connectivity index (χ1v) is 6.47. The van der Waals surface area contributed by atoms with E-state index in [2.05, 4.69) is 4.74 Å². The highest BCUT2D eigenvalue weighted by atomic mass is 32.2. The van der Waals surface area contributed by atoms with E-state index >= 15 is 0 Å². The quantitative estimate of drug-likeness (QED) is 0.732. The Labute approximate surface area is 108 Å². The summed E-state index contributed by atoms with van der Waals surface area (Å²) in [4.78, 5) is 10.3. The maximum Gasteiger partial charge on any atom is 0.336 e. The first-order chi connectivity index (χ1) is 8.77. The average Bonchev–Trinajstić information content (AvgIpc) is 2.38. The van der Waals surface area contributed by atoms with Crippen molar-refractivity contribution in [2.24, 2.45) is 0 Å². The lowest BCUT2D eigenvalue weighted by Crippen LogP contribution is -2.37. The van der Waals surface area contributed by atoms with Crippen LogP contribution in [-0.2, 0) is 19.6 Å². The first kappa shape index (κ1) is 15.5. The number of hydrogen-bond acceptors (Lipinski definition) is 5. The van der Waals surface area contributed by atoms with E-state index in [4.69, 9.17) is 0 Å². The van der Waals surface area contributed by atoms with E-state index in [0.717, 1.165) is 13.2 Å². The summed E-state index contributed by atoms with van der Waals surface area (Å²) in [7, 11) is -3.14. The number of sulfonamides is 1. The maximum absolute atomic E-state index is 12.9. The predicted octanol–water partition coefficient (Wildman–Crippen LogP) is -0.223. The second kappa shape index (κ2) is 6.04. The summed E-state index contributed by atoms with van der Waals surface area (Å²) >= 11 is 0. The number of esters is 1. The second-order valence-corrected chi connectivity index (χ2v) is 5.23. The van der Waals surface area contributed by atoms with Crippen molar-refractivity contribution < 1.29 is 31.8 Å². The van der Waals surface area contributed by atoms with Crippen molar-refractivity contribution in [1.29, 1.82) is 0 Å². The highest BCUT2D eigenvalue weighted by Crippen LogP contribution is 2.13. The molecule has 6 nitrogen and oxygen atoms in total. The standard InChI is InChI=1S/C10H11F2NO5S/c1-18-10(15)9(14)5-13-19(16,17)6-2-3-7(11)8(12)4-6/h2-4,9,13-14H,5H2,1H3. The van der Waals surface area contributed by atoms with Crippen LogP contribution in [0.25, 0.3) is 0 Å². The van der Waals surface area contributed by atoms with Gasteiger partial charge in [-0.15, -0.1) is 0 Å². The van der Waals surface area contributed by atoms with Gasteiger partial charge in [-0.1, -0.05) is 0 Å². The second-order valence-electron chi connectivity index (χ2n) is 3.47. The summed E-state index contributed by atoms with van der Waals surface area (Å²) in [5.41, 5.74) is 0. The van der Waals surface area contributed by atoms with Crippen LogP contribution in [-0.4, -0.2) is 39.3 Å². The topological polar surface area (TPSA) is 92.7 Å². The molecule has 19 heavy (non-hydrogen) atoms. The minimum atomic E-state index is -4.16. The van der Waals surface area contributed by atoms with Crippen molar-refractivity contribution in [1.82, 2.24) is 4.72 Å². The number of benzene rings is 1. The number of hydrogen-bond donors (Lipinski definition) is 2. The molecule has 1 unspecified atom stereocenters. The summed E-state index contributed by atoms with van der Waals surface area (Å²) in [5.74, 6) is -3.53. The predicted molar refractivity (Wildman–Crippen MR) is 59.6 cm³/mol. The lowest BCUT2D eigenvalue weighted by Gasteiger charge is -2.10. The van der Waals surface area contributed by atoms with E-state index in [1.54, 1.807) is 0 Å². The molecular weight excluding hydrogens is 284 g/mol. The molecule has 106 valence electrons. The molecule has 2 N–H and O–H groups in total. The van der Waals surface area contributed by atoms with Crippen LogP contribution in [0.3, 0.4) is 0 Å². The third-order valence-corrected chi connectivity index (χ3v) is 3.56. The lowest BCUT2D eigenvalue weighted by molar-refractivity contribution is -0.149. The summed E-state index contributed by atoms with van der Waals surface area (Å²) in [6.07, 6.45) is -1.69. The number of aliphatic hydroxyl groups excluding tert-OH is 1. The van der Waals surface area contributed by atoms with Crippen LogP contribution in [0.2, 0.25) is 0 Å². The Morgan fingerprint density at radius 2 is 2.05 bits per heavy atom. The number of rotatable bonds is 5. The van der Waals surface area contributed by atoms with Gasteiger partial charge in [0.2, 0.25) is 10.0 Å². The Hall–Kier alpha value is -1.58. The largest absolute Gasteiger partial charge is 0.467 e. The average molecular weight is 295 g/mol. The number of aliphatic hydroxyl groups is 1. The van der Waals surface area contributed by atoms with Crippen LogP contribution in [0.1, 0.15) is 0 Å². The molecule has 1 aromatic carbocycles. The summed E-state index contributed by atoms with van der Waals surface area (Å²) in [5, 5.41) is 9.19. The third kappa shape index (κ3) is 3.94. The van der Waals surface area contributed by atoms with Gasteiger partial charge in [-0.2, -0.15) is 0 Å². The first-order valence-electron chi connectivity index (χ1n) is 4.98. The van der Waals surface area contributed by atoms with Crippen LogP contribution >= 0.6 is 0 Å². The monoisotopic (exact) mass is 295 g/mol. The van der Waals surface area contributed by atoms with E-state index in [1.165, 1.54) is 0 Å². The summed E-state index contributed by atoms with van der Waals surface area (Å²) < 4.78 is 54.9. The zero-order chi connectivity index (χ0) is 14.6. The van der Waals surface area contributed by atoms with Crippen molar-refractivity contribution in [3.63, 3.8) is 0 Å². The molecular formula is C10H11F2NO5S. The molecule has 0 aliphatic rings. The van der Waals surface area contributed by atoms with E-state index in [-0.39, 0.29) is 0 Å². The van der Waals surface area contributed by atoms with Gasteiger partial charge in [0.05, 0.1) is 12.0 Å². The molecule has 0 radical (unpaired) electrons. The molecule has 1 aromatic rings. The van der Waals surface area contributed by atoms with Crippen molar-refractivity contribution in [3.05, 3.63) is 29.8 Å². The van der Waals surface area contributed by atoms with E-state index in [0.29, 0.717) is 12.1 Å². The van der Waals surface area contributed by atoms with Gasteiger partial charge in [0.1, 0.15) is 0 Å². The highest BCUT2D eigenvalue weighted by molar-refractivity contribution is 7.89. The minimum absolute atomic E-state index is 0.488. The van der Waals surface area contributed by atoms with E-state index in [9.17, 15) is 27.1 Å². The van der Waals surface area contributed by atoms with Gasteiger partial charge in [-0.3, -0.25) is 0 Å². The normalized spacial score (nSPS) is 13.1. The van der Waals surface area contributed by atoms with Gasteiger partial charge in [0.25, 0.3) is 0 Å². The summed E-state index contributed by atoms with van der Waals surface area (Å²) in [6.45, 7) is -0.645. The Morgan fingerprint density at radius 3 is 2.58 bits per heavy atom. The highest BCUT2D eigenvalue weighted by Gasteiger charge is 2.21. The third-order valence-electron chi connectivity index (χ3n) is 2.14. The zero-order valence-corrected chi connectivity index (χ0v) is 10.6. The SMILES string of the molecule is COC(=O)C(O)CNS(=O)(=O)c1ccc(F)c(F)c1. The smallest absolute Gasteiger partial charge is 0.336 e. The van der Waals surface area contributed by atoms with Gasteiger partial charge < -0.3 is 9.84 Å². The molecule has 0 saturated carbocycles. The van der Waals surface area contributed by atoms with Crippen LogP contribution < -0.4 is 4.72 Å². The zero-order valence-electron chi connectivity index (χ0n) is 9.76. The Morgan fingerprint density at radius 1 is 1.42 bits per heavy atom. The van der Waals surface area contributed by atoms with Gasteiger partial charge in [-0.05, 0) is 18.2 Å². The Bertz CT molecular complexity index is 575. The van der Waals surface area contributed by atoms with Gasteiger partial charge in [-0.25, -0.2) is 26.7 Å². The van der Waals surface area contributed by atoms with E-state index in [1.807, 2.05) is 4.72 Å². The fraction of sp³-hybridized carbons (Fsp3) is 0.300. The molecule has 0 aliphatic heterocycles. The van der Waals surface area contributed by atoms with Crippen molar-refractivity contribution in [2.45, 2.75) is 11.0 Å². The van der Waals surface area contributed by atoms with Gasteiger partial charge >= 0.3 is 5.97 Å². The molecule has 0 heterocycles. The fourth-order valence-electron chi connectivity index (χ4n) is 1.14. The van der Waals surface area contributed by atoms with Crippen LogP contribution in [0.5, 0.6) is 0 Å². The summed E-state index contributed by atoms with van der Waals surface area (Å²) in [6, 6.07) is 1.99. The number of halogens is 2. The number of carbonyl (C=O) groups excluding carboxylic acids is 1. The number of ether oxygens (including phenoxy) is 1. The Kier molecular flexibility index (Phi) is 4.92. The number of carbonyl (C=O) groups is 1. The molecule has 9 heteroatoms. The van der Waals surface area contributed by atoms with Gasteiger partial charge in [0.15, 0.2) is 17.7 Å². The lowest BCUT2D eigenvalue weighted by atomic mass is 10.3. The van der Waals surface area contributed by atoms with Crippen LogP contribution in [0.15, 0.2) is 23.1 Å². The molecule has 0 amide bonds. The Balaban J connectivity index is 2.81. The molecule has 1 atom stereocenters. The van der Waals surface area contributed by atoms with Crippen molar-refractivity contribution in [3.8, 4) is 0 Å². The molecule has 0 fully saturated rings. The van der Waals surface area contributed by atoms with Crippen LogP contribution in [0.4, 0.5) is 8.78 Å². The van der Waals surface area contributed by atoms with Crippen molar-refractivity contribution >= 4 is 16.0 Å². The number of methoxy groups -OCH3 is 1. The van der Waals surface area contributed by atoms with Crippen LogP contribution in [0, 0.1) is 11.6 Å². The maximum atomic E-state index is 12.9. The minimum Gasteiger partial charge on any atom is -0.467 e. The molecule has 0 aliphatic carbocycles. The van der Waals surface area contributed by atoms with Crippen molar-refractivity contribution in [2.75, 3.05) is 13.7 Å². The fourth-order valence-corrected chi connectivity index (χ4v) is 2.19.